The van der Waals surface area contributed by atoms with Gasteiger partial charge >= 0.3 is 0 Å². The van der Waals surface area contributed by atoms with Crippen LogP contribution in [0, 0.1) is 22.7 Å². The SMILES string of the molecule is C=C1CO[C@@H](C)[C@]12C[C@@H]1[C@H](O)[C@H](O)C[C@@H](C)[C@]1(C)[C@H]2O. The Labute approximate surface area is 120 Å². The van der Waals surface area contributed by atoms with Crippen LogP contribution < -0.4 is 0 Å². The number of aliphatic hydroxyl groups is 3. The van der Waals surface area contributed by atoms with Crippen molar-refractivity contribution in [2.45, 2.75) is 58.0 Å². The van der Waals surface area contributed by atoms with Gasteiger partial charge in [-0.15, -0.1) is 0 Å². The molecule has 0 aromatic carbocycles. The van der Waals surface area contributed by atoms with E-state index in [4.69, 9.17) is 4.74 Å². The molecule has 1 aliphatic heterocycles. The number of hydrogen-bond donors (Lipinski definition) is 3. The Morgan fingerprint density at radius 1 is 1.25 bits per heavy atom. The zero-order chi connectivity index (χ0) is 14.9. The monoisotopic (exact) mass is 282 g/mol. The Kier molecular flexibility index (Phi) is 3.11. The number of fused-ring (bicyclic) bond motifs is 1. The first-order valence-corrected chi connectivity index (χ1v) is 7.60. The summed E-state index contributed by atoms with van der Waals surface area (Å²) in [5.74, 6) is 0.0398. The lowest BCUT2D eigenvalue weighted by atomic mass is 9.59. The van der Waals surface area contributed by atoms with Gasteiger partial charge in [0.1, 0.15) is 0 Å². The van der Waals surface area contributed by atoms with E-state index in [0.717, 1.165) is 5.57 Å². The fourth-order valence-corrected chi connectivity index (χ4v) is 5.12. The molecule has 20 heavy (non-hydrogen) atoms. The number of aliphatic hydroxyl groups excluding tert-OH is 3. The van der Waals surface area contributed by atoms with Crippen molar-refractivity contribution in [2.75, 3.05) is 6.61 Å². The normalized spacial score (nSPS) is 59.2. The minimum Gasteiger partial charge on any atom is -0.392 e. The number of hydrogen-bond acceptors (Lipinski definition) is 4. The lowest BCUT2D eigenvalue weighted by Crippen LogP contribution is -2.54. The second-order valence-electron chi connectivity index (χ2n) is 7.37. The van der Waals surface area contributed by atoms with E-state index in [1.54, 1.807) is 0 Å². The van der Waals surface area contributed by atoms with E-state index in [9.17, 15) is 15.3 Å². The average molecular weight is 282 g/mol. The van der Waals surface area contributed by atoms with Crippen LogP contribution in [0.25, 0.3) is 0 Å². The van der Waals surface area contributed by atoms with Crippen molar-refractivity contribution in [3.05, 3.63) is 12.2 Å². The highest BCUT2D eigenvalue weighted by Gasteiger charge is 2.69. The van der Waals surface area contributed by atoms with Gasteiger partial charge in [-0.05, 0) is 37.2 Å². The van der Waals surface area contributed by atoms with E-state index in [2.05, 4.69) is 20.4 Å². The molecule has 1 spiro atoms. The zero-order valence-electron chi connectivity index (χ0n) is 12.5. The Morgan fingerprint density at radius 3 is 2.45 bits per heavy atom. The van der Waals surface area contributed by atoms with Crippen LogP contribution >= 0.6 is 0 Å². The Morgan fingerprint density at radius 2 is 1.90 bits per heavy atom. The molecule has 8 atom stereocenters. The summed E-state index contributed by atoms with van der Waals surface area (Å²) in [7, 11) is 0. The molecule has 0 aromatic rings. The molecule has 0 unspecified atom stereocenters. The lowest BCUT2D eigenvalue weighted by Gasteiger charge is -2.49. The van der Waals surface area contributed by atoms with Crippen molar-refractivity contribution < 1.29 is 20.1 Å². The zero-order valence-corrected chi connectivity index (χ0v) is 12.5. The van der Waals surface area contributed by atoms with E-state index in [-0.39, 0.29) is 17.9 Å². The molecule has 4 nitrogen and oxygen atoms in total. The van der Waals surface area contributed by atoms with E-state index < -0.39 is 29.1 Å². The molecular formula is C16H26O4. The molecule has 114 valence electrons. The van der Waals surface area contributed by atoms with Crippen molar-refractivity contribution in [1.29, 1.82) is 0 Å². The van der Waals surface area contributed by atoms with Gasteiger partial charge in [0.25, 0.3) is 0 Å². The number of ether oxygens (including phenoxy) is 1. The third-order valence-corrected chi connectivity index (χ3v) is 6.79. The van der Waals surface area contributed by atoms with Crippen LogP contribution in [0.4, 0.5) is 0 Å². The van der Waals surface area contributed by atoms with Crippen molar-refractivity contribution in [1.82, 2.24) is 0 Å². The maximum absolute atomic E-state index is 11.1. The smallest absolute Gasteiger partial charge is 0.0833 e. The molecule has 0 radical (unpaired) electrons. The van der Waals surface area contributed by atoms with E-state index >= 15 is 0 Å². The van der Waals surface area contributed by atoms with Crippen LogP contribution in [0.15, 0.2) is 12.2 Å². The third kappa shape index (κ3) is 1.46. The van der Waals surface area contributed by atoms with Gasteiger partial charge in [0.05, 0.1) is 31.0 Å². The van der Waals surface area contributed by atoms with Crippen LogP contribution in [-0.2, 0) is 4.74 Å². The summed E-state index contributed by atoms with van der Waals surface area (Å²) >= 11 is 0. The maximum atomic E-state index is 11.1. The highest BCUT2D eigenvalue weighted by molar-refractivity contribution is 5.29. The minimum atomic E-state index is -0.772. The second kappa shape index (κ2) is 4.29. The summed E-state index contributed by atoms with van der Waals surface area (Å²) in [6, 6.07) is 0. The van der Waals surface area contributed by atoms with E-state index in [0.29, 0.717) is 19.4 Å². The molecule has 0 aromatic heterocycles. The average Bonchev–Trinajstić information content (AvgIpc) is 2.82. The molecule has 3 rings (SSSR count). The van der Waals surface area contributed by atoms with Crippen LogP contribution in [0.3, 0.4) is 0 Å². The molecule has 2 saturated carbocycles. The Bertz CT molecular complexity index is 436. The Hall–Kier alpha value is -0.420. The van der Waals surface area contributed by atoms with Gasteiger partial charge in [-0.2, -0.15) is 0 Å². The van der Waals surface area contributed by atoms with Gasteiger partial charge in [-0.1, -0.05) is 20.4 Å². The quantitative estimate of drug-likeness (QED) is 0.582. The summed E-state index contributed by atoms with van der Waals surface area (Å²) in [6.07, 6.45) is -0.968. The molecule has 0 amide bonds. The fraction of sp³-hybridized carbons (Fsp3) is 0.875. The van der Waals surface area contributed by atoms with E-state index in [1.807, 2.05) is 6.92 Å². The van der Waals surface area contributed by atoms with Crippen LogP contribution in [0.2, 0.25) is 0 Å². The third-order valence-electron chi connectivity index (χ3n) is 6.79. The molecular weight excluding hydrogens is 256 g/mol. The van der Waals surface area contributed by atoms with Gasteiger partial charge in [-0.25, -0.2) is 0 Å². The first-order chi connectivity index (χ1) is 9.26. The van der Waals surface area contributed by atoms with E-state index in [1.165, 1.54) is 0 Å². The topological polar surface area (TPSA) is 69.9 Å². The van der Waals surface area contributed by atoms with Gasteiger partial charge in [0.15, 0.2) is 0 Å². The minimum absolute atomic E-state index is 0.0935. The number of rotatable bonds is 0. The summed E-state index contributed by atoms with van der Waals surface area (Å²) < 4.78 is 5.72. The maximum Gasteiger partial charge on any atom is 0.0833 e. The predicted molar refractivity (Wildman–Crippen MR) is 75.0 cm³/mol. The Balaban J connectivity index is 2.07. The van der Waals surface area contributed by atoms with Crippen LogP contribution in [0.1, 0.15) is 33.6 Å². The lowest BCUT2D eigenvalue weighted by molar-refractivity contribution is -0.143. The van der Waals surface area contributed by atoms with Crippen molar-refractivity contribution in [3.8, 4) is 0 Å². The molecule has 1 heterocycles. The highest BCUT2D eigenvalue weighted by Crippen LogP contribution is 2.65. The molecule has 4 heteroatoms. The fourth-order valence-electron chi connectivity index (χ4n) is 5.12. The van der Waals surface area contributed by atoms with Gasteiger partial charge in [-0.3, -0.25) is 0 Å². The van der Waals surface area contributed by atoms with Crippen LogP contribution in [-0.4, -0.2) is 46.3 Å². The first-order valence-electron chi connectivity index (χ1n) is 7.60. The van der Waals surface area contributed by atoms with Gasteiger partial charge < -0.3 is 20.1 Å². The van der Waals surface area contributed by atoms with Crippen molar-refractivity contribution >= 4 is 0 Å². The second-order valence-corrected chi connectivity index (χ2v) is 7.37. The first kappa shape index (κ1) is 14.5. The van der Waals surface area contributed by atoms with Gasteiger partial charge in [0.2, 0.25) is 0 Å². The predicted octanol–water partition coefficient (Wildman–Crippen LogP) is 1.10. The van der Waals surface area contributed by atoms with Gasteiger partial charge in [0, 0.05) is 10.8 Å². The van der Waals surface area contributed by atoms with Crippen molar-refractivity contribution in [2.24, 2.45) is 22.7 Å². The van der Waals surface area contributed by atoms with Crippen LogP contribution in [0.5, 0.6) is 0 Å². The summed E-state index contributed by atoms with van der Waals surface area (Å²) in [5.41, 5.74) is 0.0597. The molecule has 3 fully saturated rings. The molecule has 0 bridgehead atoms. The summed E-state index contributed by atoms with van der Waals surface area (Å²) in [6.45, 7) is 10.7. The summed E-state index contributed by atoms with van der Waals surface area (Å²) in [4.78, 5) is 0. The molecule has 3 N–H and O–H groups in total. The largest absolute Gasteiger partial charge is 0.392 e. The van der Waals surface area contributed by atoms with Crippen molar-refractivity contribution in [3.63, 3.8) is 0 Å². The highest BCUT2D eigenvalue weighted by atomic mass is 16.5. The molecule has 1 saturated heterocycles. The molecule has 3 aliphatic rings. The molecule has 2 aliphatic carbocycles. The summed E-state index contributed by atoms with van der Waals surface area (Å²) in [5, 5.41) is 31.6. The standard InChI is InChI=1S/C16H26O4/c1-8-5-12(17)13(18)11-6-16(14(19)15(8,11)4)9(2)7-20-10(16)3/h8,10-14,17-19H,2,5-7H2,1,3-4H3/t8-,10+,11-,12-,13+,14-,15+,16+/m1/s1.